The molecule has 1 aliphatic rings. The third-order valence-corrected chi connectivity index (χ3v) is 4.33. The van der Waals surface area contributed by atoms with Crippen molar-refractivity contribution in [3.8, 4) is 22.8 Å². The summed E-state index contributed by atoms with van der Waals surface area (Å²) in [4.78, 5) is 22.9. The van der Waals surface area contributed by atoms with Crippen LogP contribution in [0.4, 0.5) is 22.0 Å². The Balaban J connectivity index is 1.78. The number of H-pyrrole nitrogens is 1. The third-order valence-electron chi connectivity index (χ3n) is 4.33. The summed E-state index contributed by atoms with van der Waals surface area (Å²) in [7, 11) is 0. The van der Waals surface area contributed by atoms with Crippen molar-refractivity contribution in [1.82, 2.24) is 20.3 Å². The number of aromatic amines is 1. The lowest BCUT2D eigenvalue weighted by Crippen LogP contribution is -2.31. The maximum Gasteiger partial charge on any atom is 0.419 e. The van der Waals surface area contributed by atoms with Gasteiger partial charge >= 0.3 is 6.18 Å². The molecule has 0 spiro atoms. The standard InChI is InChI=1S/C18H11F5N4O/c19-11-6-8(5-10(15(11)20)18(21,22)23)16-24-3-2-13(27-16)14-7-9-12(26-14)1-4-25-17(9)28/h2-3,5-7,26H,1,4H2,(H,25,28). The number of nitrogens with zero attached hydrogens (tertiary/aromatic N) is 2. The Morgan fingerprint density at radius 1 is 1.11 bits per heavy atom. The van der Waals surface area contributed by atoms with Gasteiger partial charge in [-0.15, -0.1) is 0 Å². The third kappa shape index (κ3) is 3.10. The fourth-order valence-electron chi connectivity index (χ4n) is 3.00. The molecule has 3 aromatic rings. The van der Waals surface area contributed by atoms with Gasteiger partial charge in [-0.25, -0.2) is 18.7 Å². The van der Waals surface area contributed by atoms with E-state index in [0.29, 0.717) is 47.7 Å². The van der Waals surface area contributed by atoms with Crippen LogP contribution in [0.15, 0.2) is 30.5 Å². The van der Waals surface area contributed by atoms with Crippen LogP contribution < -0.4 is 5.32 Å². The van der Waals surface area contributed by atoms with Crippen molar-refractivity contribution in [3.63, 3.8) is 0 Å². The second-order valence-electron chi connectivity index (χ2n) is 6.16. The minimum Gasteiger partial charge on any atom is -0.356 e. The van der Waals surface area contributed by atoms with Crippen LogP contribution in [0.2, 0.25) is 0 Å². The molecule has 0 fully saturated rings. The molecule has 3 heterocycles. The van der Waals surface area contributed by atoms with Crippen molar-refractivity contribution in [1.29, 1.82) is 0 Å². The number of amides is 1. The minimum absolute atomic E-state index is 0.209. The van der Waals surface area contributed by atoms with E-state index in [-0.39, 0.29) is 17.3 Å². The summed E-state index contributed by atoms with van der Waals surface area (Å²) in [6.45, 7) is 0.482. The number of benzene rings is 1. The summed E-state index contributed by atoms with van der Waals surface area (Å²) >= 11 is 0. The van der Waals surface area contributed by atoms with Crippen LogP contribution in [0.25, 0.3) is 22.8 Å². The van der Waals surface area contributed by atoms with Gasteiger partial charge in [0.1, 0.15) is 0 Å². The second-order valence-corrected chi connectivity index (χ2v) is 6.16. The molecular weight excluding hydrogens is 383 g/mol. The average molecular weight is 394 g/mol. The predicted octanol–water partition coefficient (Wildman–Crippen LogP) is 3.72. The van der Waals surface area contributed by atoms with E-state index < -0.39 is 23.4 Å². The van der Waals surface area contributed by atoms with Crippen LogP contribution in [0, 0.1) is 11.6 Å². The molecule has 2 aromatic heterocycles. The van der Waals surface area contributed by atoms with E-state index in [9.17, 15) is 26.7 Å². The summed E-state index contributed by atoms with van der Waals surface area (Å²) in [5.41, 5.74) is -0.125. The van der Waals surface area contributed by atoms with Gasteiger partial charge in [0.15, 0.2) is 17.5 Å². The zero-order valence-electron chi connectivity index (χ0n) is 14.0. The lowest BCUT2D eigenvalue weighted by Gasteiger charge is -2.11. The van der Waals surface area contributed by atoms with Gasteiger partial charge in [-0.2, -0.15) is 13.2 Å². The first-order valence-electron chi connectivity index (χ1n) is 8.14. The predicted molar refractivity (Wildman–Crippen MR) is 88.2 cm³/mol. The van der Waals surface area contributed by atoms with Crippen molar-refractivity contribution in [2.75, 3.05) is 6.54 Å². The van der Waals surface area contributed by atoms with Gasteiger partial charge in [0, 0.05) is 30.4 Å². The summed E-state index contributed by atoms with van der Waals surface area (Å²) < 4.78 is 66.1. The average Bonchev–Trinajstić information content (AvgIpc) is 3.09. The van der Waals surface area contributed by atoms with Crippen molar-refractivity contribution >= 4 is 5.91 Å². The van der Waals surface area contributed by atoms with Crippen LogP contribution >= 0.6 is 0 Å². The van der Waals surface area contributed by atoms with Crippen LogP contribution in [-0.2, 0) is 12.6 Å². The zero-order valence-corrected chi connectivity index (χ0v) is 14.0. The largest absolute Gasteiger partial charge is 0.419 e. The monoisotopic (exact) mass is 394 g/mol. The normalized spacial score (nSPS) is 14.0. The maximum absolute atomic E-state index is 13.7. The summed E-state index contributed by atoms with van der Waals surface area (Å²) in [5.74, 6) is -4.08. The number of halogens is 5. The zero-order chi connectivity index (χ0) is 20.1. The van der Waals surface area contributed by atoms with Gasteiger partial charge in [-0.3, -0.25) is 4.79 Å². The molecule has 0 bridgehead atoms. The van der Waals surface area contributed by atoms with Crippen molar-refractivity contribution in [2.24, 2.45) is 0 Å². The molecular formula is C18H11F5N4O. The van der Waals surface area contributed by atoms with Crippen LogP contribution in [0.5, 0.6) is 0 Å². The molecule has 5 nitrogen and oxygen atoms in total. The molecule has 0 unspecified atom stereocenters. The number of hydrogen-bond donors (Lipinski definition) is 2. The molecule has 1 amide bonds. The quantitative estimate of drug-likeness (QED) is 0.651. The number of carbonyl (C=O) groups excluding carboxylic acids is 1. The van der Waals surface area contributed by atoms with Crippen molar-refractivity contribution in [3.05, 3.63) is 58.9 Å². The van der Waals surface area contributed by atoms with E-state index in [4.69, 9.17) is 0 Å². The highest BCUT2D eigenvalue weighted by Gasteiger charge is 2.36. The molecule has 0 saturated heterocycles. The SMILES string of the molecule is O=C1NCCc2[nH]c(-c3ccnc(-c4cc(F)c(F)c(C(F)(F)F)c4)n3)cc21. The lowest BCUT2D eigenvalue weighted by molar-refractivity contribution is -0.140. The Morgan fingerprint density at radius 3 is 2.61 bits per heavy atom. The molecule has 28 heavy (non-hydrogen) atoms. The first-order valence-corrected chi connectivity index (χ1v) is 8.14. The first kappa shape index (κ1) is 18.1. The number of rotatable bonds is 2. The molecule has 144 valence electrons. The number of fused-ring (bicyclic) bond motifs is 1. The Bertz CT molecular complexity index is 1090. The number of hydrogen-bond acceptors (Lipinski definition) is 3. The topological polar surface area (TPSA) is 70.7 Å². The Hall–Kier alpha value is -3.30. The number of alkyl halides is 3. The molecule has 0 radical (unpaired) electrons. The van der Waals surface area contributed by atoms with E-state index in [1.54, 1.807) is 6.07 Å². The molecule has 0 aliphatic carbocycles. The minimum atomic E-state index is -5.07. The summed E-state index contributed by atoms with van der Waals surface area (Å²) in [5, 5.41) is 2.70. The van der Waals surface area contributed by atoms with E-state index in [1.807, 2.05) is 0 Å². The highest BCUT2D eigenvalue weighted by atomic mass is 19.4. The Labute approximate surface area is 154 Å². The smallest absolute Gasteiger partial charge is 0.356 e. The van der Waals surface area contributed by atoms with Crippen LogP contribution in [0.3, 0.4) is 0 Å². The van der Waals surface area contributed by atoms with Crippen molar-refractivity contribution in [2.45, 2.75) is 12.6 Å². The first-order chi connectivity index (χ1) is 13.2. The van der Waals surface area contributed by atoms with E-state index in [1.165, 1.54) is 12.3 Å². The fourth-order valence-corrected chi connectivity index (χ4v) is 3.00. The van der Waals surface area contributed by atoms with Gasteiger partial charge < -0.3 is 10.3 Å². The van der Waals surface area contributed by atoms with E-state index in [2.05, 4.69) is 20.3 Å². The summed E-state index contributed by atoms with van der Waals surface area (Å²) in [6, 6.07) is 4.13. The van der Waals surface area contributed by atoms with Crippen LogP contribution in [-0.4, -0.2) is 27.4 Å². The highest BCUT2D eigenvalue weighted by Crippen LogP contribution is 2.35. The van der Waals surface area contributed by atoms with Gasteiger partial charge in [-0.1, -0.05) is 0 Å². The molecule has 1 aromatic carbocycles. The van der Waals surface area contributed by atoms with E-state index >= 15 is 0 Å². The molecule has 4 rings (SSSR count). The molecule has 1 aliphatic heterocycles. The molecule has 10 heteroatoms. The summed E-state index contributed by atoms with van der Waals surface area (Å²) in [6.07, 6.45) is -3.19. The molecule has 2 N–H and O–H groups in total. The number of nitrogens with one attached hydrogen (secondary N) is 2. The van der Waals surface area contributed by atoms with Gasteiger partial charge in [0.25, 0.3) is 5.91 Å². The highest BCUT2D eigenvalue weighted by molar-refractivity contribution is 5.97. The number of aromatic nitrogens is 3. The van der Waals surface area contributed by atoms with Gasteiger partial charge in [0.05, 0.1) is 22.5 Å². The molecule has 0 atom stereocenters. The maximum atomic E-state index is 13.7. The fraction of sp³-hybridized carbons (Fsp3) is 0.167. The van der Waals surface area contributed by atoms with E-state index in [0.717, 1.165) is 0 Å². The lowest BCUT2D eigenvalue weighted by atomic mass is 10.1. The molecule has 0 saturated carbocycles. The Morgan fingerprint density at radius 2 is 1.89 bits per heavy atom. The Kier molecular flexibility index (Phi) is 4.13. The van der Waals surface area contributed by atoms with Gasteiger partial charge in [-0.05, 0) is 24.3 Å². The second kappa shape index (κ2) is 6.39. The van der Waals surface area contributed by atoms with Gasteiger partial charge in [0.2, 0.25) is 0 Å². The number of carbonyl (C=O) groups is 1. The van der Waals surface area contributed by atoms with Crippen molar-refractivity contribution < 1.29 is 26.7 Å². The van der Waals surface area contributed by atoms with Crippen LogP contribution in [0.1, 0.15) is 21.6 Å².